The third-order valence-corrected chi connectivity index (χ3v) is 4.87. The summed E-state index contributed by atoms with van der Waals surface area (Å²) in [7, 11) is 2.15. The minimum absolute atomic E-state index is 0.329. The number of furan rings is 1. The lowest BCUT2D eigenvalue weighted by Gasteiger charge is -2.27. The highest BCUT2D eigenvalue weighted by Crippen LogP contribution is 2.35. The summed E-state index contributed by atoms with van der Waals surface area (Å²) in [6, 6.07) is 7.80. The maximum Gasteiger partial charge on any atom is 0.415 e. The summed E-state index contributed by atoms with van der Waals surface area (Å²) in [6.07, 6.45) is 1.88. The summed E-state index contributed by atoms with van der Waals surface area (Å²) < 4.78 is 11.7. The van der Waals surface area contributed by atoms with E-state index in [4.69, 9.17) is 9.15 Å². The van der Waals surface area contributed by atoms with Gasteiger partial charge in [0.15, 0.2) is 11.3 Å². The van der Waals surface area contributed by atoms with Crippen molar-refractivity contribution >= 4 is 17.1 Å². The van der Waals surface area contributed by atoms with E-state index in [-0.39, 0.29) is 6.09 Å². The van der Waals surface area contributed by atoms with E-state index in [0.717, 1.165) is 37.1 Å². The molecule has 5 heteroatoms. The van der Waals surface area contributed by atoms with Crippen molar-refractivity contribution in [2.75, 3.05) is 33.2 Å². The molecular weight excluding hydrogens is 304 g/mol. The number of para-hydroxylation sites is 1. The maximum absolute atomic E-state index is 12.2. The van der Waals surface area contributed by atoms with Gasteiger partial charge in [0.1, 0.15) is 5.76 Å². The number of fused-ring (bicyclic) bond motifs is 1. The summed E-state index contributed by atoms with van der Waals surface area (Å²) in [6.45, 7) is 7.32. The Labute approximate surface area is 143 Å². The normalized spacial score (nSPS) is 16.5. The van der Waals surface area contributed by atoms with E-state index in [9.17, 15) is 4.79 Å². The first kappa shape index (κ1) is 16.8. The number of hydrogen-bond acceptors (Lipinski definition) is 4. The lowest BCUT2D eigenvalue weighted by Crippen LogP contribution is -2.33. The Kier molecular flexibility index (Phi) is 5.09. The molecule has 5 nitrogen and oxygen atoms in total. The number of piperidine rings is 1. The Morgan fingerprint density at radius 2 is 2.00 bits per heavy atom. The van der Waals surface area contributed by atoms with Gasteiger partial charge in [0.25, 0.3) is 0 Å². The van der Waals surface area contributed by atoms with E-state index < -0.39 is 0 Å². The number of likely N-dealkylation sites (tertiary alicyclic amines) is 1. The number of carbonyl (C=O) groups is 1. The molecule has 1 aromatic heterocycles. The molecule has 2 heterocycles. The van der Waals surface area contributed by atoms with Gasteiger partial charge in [-0.15, -0.1) is 0 Å². The van der Waals surface area contributed by atoms with Crippen LogP contribution in [-0.2, 0) is 0 Å². The molecule has 0 atom stereocenters. The summed E-state index contributed by atoms with van der Waals surface area (Å²) >= 11 is 0. The fourth-order valence-electron chi connectivity index (χ4n) is 3.27. The second-order valence-corrected chi connectivity index (χ2v) is 6.44. The largest absolute Gasteiger partial charge is 0.457 e. The van der Waals surface area contributed by atoms with Gasteiger partial charge in [0, 0.05) is 24.4 Å². The zero-order chi connectivity index (χ0) is 17.1. The average molecular weight is 330 g/mol. The molecule has 1 aliphatic heterocycles. The van der Waals surface area contributed by atoms with Crippen LogP contribution in [0.1, 0.15) is 38.4 Å². The summed E-state index contributed by atoms with van der Waals surface area (Å²) in [5.74, 6) is 1.95. The van der Waals surface area contributed by atoms with Crippen molar-refractivity contribution in [3.05, 3.63) is 30.0 Å². The number of ether oxygens (including phenoxy) is 1. The van der Waals surface area contributed by atoms with Crippen LogP contribution in [0.5, 0.6) is 5.75 Å². The van der Waals surface area contributed by atoms with Crippen molar-refractivity contribution in [2.24, 2.45) is 0 Å². The molecular formula is C19H26N2O3. The van der Waals surface area contributed by atoms with Crippen LogP contribution in [0.25, 0.3) is 11.0 Å². The first-order valence-electron chi connectivity index (χ1n) is 8.80. The molecule has 0 radical (unpaired) electrons. The molecule has 1 fully saturated rings. The molecule has 1 aromatic carbocycles. The van der Waals surface area contributed by atoms with E-state index in [1.54, 1.807) is 11.0 Å². The highest BCUT2D eigenvalue weighted by atomic mass is 16.6. The van der Waals surface area contributed by atoms with Crippen LogP contribution in [0, 0.1) is 0 Å². The molecule has 0 aliphatic carbocycles. The standard InChI is InChI=1S/C19H26N2O3/c1-4-21(5-2)19(22)24-16-8-6-7-15-13-17(23-18(15)16)14-9-11-20(3)12-10-14/h6-8,13-14H,4-5,9-12H2,1-3H3. The fraction of sp³-hybridized carbons (Fsp3) is 0.526. The topological polar surface area (TPSA) is 45.9 Å². The maximum atomic E-state index is 12.2. The second kappa shape index (κ2) is 7.26. The first-order valence-corrected chi connectivity index (χ1v) is 8.80. The fourth-order valence-corrected chi connectivity index (χ4v) is 3.27. The van der Waals surface area contributed by atoms with E-state index in [0.29, 0.717) is 30.3 Å². The van der Waals surface area contributed by atoms with Crippen LogP contribution in [0.2, 0.25) is 0 Å². The zero-order valence-corrected chi connectivity index (χ0v) is 14.7. The van der Waals surface area contributed by atoms with Crippen molar-refractivity contribution in [1.29, 1.82) is 0 Å². The van der Waals surface area contributed by atoms with Gasteiger partial charge < -0.3 is 19.0 Å². The van der Waals surface area contributed by atoms with Crippen LogP contribution in [0.4, 0.5) is 4.79 Å². The van der Waals surface area contributed by atoms with Gasteiger partial charge in [-0.2, -0.15) is 0 Å². The molecule has 2 aromatic rings. The average Bonchev–Trinajstić information content (AvgIpc) is 3.02. The predicted octanol–water partition coefficient (Wildman–Crippen LogP) is 4.08. The van der Waals surface area contributed by atoms with Gasteiger partial charge in [-0.25, -0.2) is 4.79 Å². The summed E-state index contributed by atoms with van der Waals surface area (Å²) in [4.78, 5) is 16.2. The molecule has 0 saturated carbocycles. The molecule has 24 heavy (non-hydrogen) atoms. The van der Waals surface area contributed by atoms with E-state index in [1.165, 1.54) is 0 Å². The van der Waals surface area contributed by atoms with Crippen LogP contribution < -0.4 is 4.74 Å². The monoisotopic (exact) mass is 330 g/mol. The van der Waals surface area contributed by atoms with E-state index >= 15 is 0 Å². The molecule has 1 amide bonds. The highest BCUT2D eigenvalue weighted by molar-refractivity contribution is 5.86. The Morgan fingerprint density at radius 3 is 2.67 bits per heavy atom. The Balaban J connectivity index is 1.83. The third kappa shape index (κ3) is 3.41. The van der Waals surface area contributed by atoms with Crippen molar-refractivity contribution < 1.29 is 13.9 Å². The predicted molar refractivity (Wildman–Crippen MR) is 94.6 cm³/mol. The van der Waals surface area contributed by atoms with Gasteiger partial charge in [-0.3, -0.25) is 0 Å². The SMILES string of the molecule is CCN(CC)C(=O)Oc1cccc2cc(C3CCN(C)CC3)oc12. The molecule has 0 bridgehead atoms. The smallest absolute Gasteiger partial charge is 0.415 e. The number of amides is 1. The van der Waals surface area contributed by atoms with Crippen LogP contribution >= 0.6 is 0 Å². The number of benzene rings is 1. The van der Waals surface area contributed by atoms with Crippen LogP contribution in [-0.4, -0.2) is 49.1 Å². The molecule has 130 valence electrons. The summed E-state index contributed by atoms with van der Waals surface area (Å²) in [5, 5.41) is 0.994. The molecule has 3 rings (SSSR count). The van der Waals surface area contributed by atoms with Gasteiger partial charge in [0.05, 0.1) is 0 Å². The quantitative estimate of drug-likeness (QED) is 0.847. The first-order chi connectivity index (χ1) is 11.6. The van der Waals surface area contributed by atoms with Crippen molar-refractivity contribution in [3.63, 3.8) is 0 Å². The Bertz CT molecular complexity index is 698. The van der Waals surface area contributed by atoms with Gasteiger partial charge in [-0.05, 0) is 59.0 Å². The zero-order valence-electron chi connectivity index (χ0n) is 14.7. The van der Waals surface area contributed by atoms with Crippen molar-refractivity contribution in [1.82, 2.24) is 9.80 Å². The van der Waals surface area contributed by atoms with Gasteiger partial charge in [-0.1, -0.05) is 12.1 Å². The molecule has 0 unspecified atom stereocenters. The van der Waals surface area contributed by atoms with Gasteiger partial charge >= 0.3 is 6.09 Å². The van der Waals surface area contributed by atoms with E-state index in [1.807, 2.05) is 26.0 Å². The third-order valence-electron chi connectivity index (χ3n) is 4.87. The van der Waals surface area contributed by atoms with Crippen molar-refractivity contribution in [3.8, 4) is 5.75 Å². The number of nitrogens with zero attached hydrogens (tertiary/aromatic N) is 2. The van der Waals surface area contributed by atoms with Gasteiger partial charge in [0.2, 0.25) is 0 Å². The summed E-state index contributed by atoms with van der Waals surface area (Å²) in [5.41, 5.74) is 0.673. The number of hydrogen-bond donors (Lipinski definition) is 0. The van der Waals surface area contributed by atoms with E-state index in [2.05, 4.69) is 18.0 Å². The minimum atomic E-state index is -0.329. The lowest BCUT2D eigenvalue weighted by atomic mass is 9.94. The molecule has 1 aliphatic rings. The Morgan fingerprint density at radius 1 is 1.29 bits per heavy atom. The minimum Gasteiger partial charge on any atom is -0.457 e. The van der Waals surface area contributed by atoms with Crippen molar-refractivity contribution in [2.45, 2.75) is 32.6 Å². The van der Waals surface area contributed by atoms with Crippen LogP contribution in [0.3, 0.4) is 0 Å². The molecule has 1 saturated heterocycles. The van der Waals surface area contributed by atoms with Crippen LogP contribution in [0.15, 0.2) is 28.7 Å². The lowest BCUT2D eigenvalue weighted by molar-refractivity contribution is 0.157. The number of rotatable bonds is 4. The highest BCUT2D eigenvalue weighted by Gasteiger charge is 2.23. The number of carbonyl (C=O) groups excluding carboxylic acids is 1. The second-order valence-electron chi connectivity index (χ2n) is 6.44. The molecule has 0 spiro atoms. The Hall–Kier alpha value is -2.01. The molecule has 0 N–H and O–H groups in total.